The zero-order chi connectivity index (χ0) is 19.4. The van der Waals surface area contributed by atoms with Gasteiger partial charge in [0.25, 0.3) is 0 Å². The van der Waals surface area contributed by atoms with Gasteiger partial charge in [-0.2, -0.15) is 10.1 Å². The van der Waals surface area contributed by atoms with Crippen LogP contribution in [0.5, 0.6) is 5.75 Å². The van der Waals surface area contributed by atoms with E-state index in [1.807, 2.05) is 25.1 Å². The third-order valence-corrected chi connectivity index (χ3v) is 4.15. The minimum atomic E-state index is -0.800. The first-order chi connectivity index (χ1) is 13.0. The number of nitrogens with zero attached hydrogens (tertiary/aromatic N) is 3. The summed E-state index contributed by atoms with van der Waals surface area (Å²) < 4.78 is 6.24. The Bertz CT molecular complexity index is 1010. The van der Waals surface area contributed by atoms with Gasteiger partial charge in [0, 0.05) is 11.3 Å². The predicted molar refractivity (Wildman–Crippen MR) is 103 cm³/mol. The highest BCUT2D eigenvalue weighted by molar-refractivity contribution is 5.93. The fraction of sp³-hybridized carbons (Fsp3) is 0.200. The Kier molecular flexibility index (Phi) is 5.30. The highest BCUT2D eigenvalue weighted by atomic mass is 16.5. The summed E-state index contributed by atoms with van der Waals surface area (Å²) in [5.74, 6) is 0.314. The fourth-order valence-corrected chi connectivity index (χ4v) is 2.53. The zero-order valence-electron chi connectivity index (χ0n) is 15.3. The third kappa shape index (κ3) is 4.20. The van der Waals surface area contributed by atoms with Crippen molar-refractivity contribution < 1.29 is 9.53 Å². The van der Waals surface area contributed by atoms with Crippen LogP contribution in [0, 0.1) is 6.92 Å². The van der Waals surface area contributed by atoms with E-state index in [-0.39, 0.29) is 5.91 Å². The molecule has 0 aliphatic rings. The maximum absolute atomic E-state index is 12.4. The second-order valence-electron chi connectivity index (χ2n) is 6.13. The lowest BCUT2D eigenvalue weighted by molar-refractivity contribution is -0.119. The Morgan fingerprint density at radius 2 is 1.93 bits per heavy atom. The summed E-state index contributed by atoms with van der Waals surface area (Å²) in [5, 5.41) is 6.90. The van der Waals surface area contributed by atoms with Gasteiger partial charge in [-0.05, 0) is 38.1 Å². The van der Waals surface area contributed by atoms with Crippen LogP contribution in [0.25, 0.3) is 11.3 Å². The van der Waals surface area contributed by atoms with Crippen molar-refractivity contribution in [1.29, 1.82) is 0 Å². The standard InChI is InChI=1S/C20H20N4O3/c1-13-7-9-16(10-8-13)22-19(25)14(2)24-20(26)23-18(12-21-24)15-5-4-6-17(11-15)27-3/h4-12,14H,1-3H3,(H,22,25)/t14-/m0/s1. The van der Waals surface area contributed by atoms with Crippen molar-refractivity contribution in [3.63, 3.8) is 0 Å². The van der Waals surface area contributed by atoms with Crippen LogP contribution in [0.15, 0.2) is 59.5 Å². The molecule has 0 fully saturated rings. The van der Waals surface area contributed by atoms with Gasteiger partial charge in [0.2, 0.25) is 5.91 Å². The van der Waals surface area contributed by atoms with Crippen LogP contribution < -0.4 is 15.7 Å². The molecule has 1 N–H and O–H groups in total. The van der Waals surface area contributed by atoms with E-state index in [0.29, 0.717) is 22.7 Å². The summed E-state index contributed by atoms with van der Waals surface area (Å²) in [5.41, 5.74) is 2.29. The summed E-state index contributed by atoms with van der Waals surface area (Å²) >= 11 is 0. The molecular weight excluding hydrogens is 344 g/mol. The van der Waals surface area contributed by atoms with Crippen LogP contribution in [0.4, 0.5) is 5.69 Å². The molecule has 0 spiro atoms. The molecule has 0 aliphatic carbocycles. The number of nitrogens with one attached hydrogen (secondary N) is 1. The largest absolute Gasteiger partial charge is 0.497 e. The van der Waals surface area contributed by atoms with Crippen molar-refractivity contribution in [3.8, 4) is 17.0 Å². The van der Waals surface area contributed by atoms with E-state index >= 15 is 0 Å². The number of carbonyl (C=O) groups is 1. The maximum Gasteiger partial charge on any atom is 0.365 e. The van der Waals surface area contributed by atoms with Crippen molar-refractivity contribution in [2.45, 2.75) is 19.9 Å². The maximum atomic E-state index is 12.4. The number of hydrogen-bond acceptors (Lipinski definition) is 5. The van der Waals surface area contributed by atoms with Crippen LogP contribution in [0.1, 0.15) is 18.5 Å². The minimum Gasteiger partial charge on any atom is -0.497 e. The molecule has 27 heavy (non-hydrogen) atoms. The molecule has 7 nitrogen and oxygen atoms in total. The first-order valence-electron chi connectivity index (χ1n) is 8.46. The number of carbonyl (C=O) groups excluding carboxylic acids is 1. The summed E-state index contributed by atoms with van der Waals surface area (Å²) in [4.78, 5) is 28.9. The van der Waals surface area contributed by atoms with Gasteiger partial charge in [-0.25, -0.2) is 9.48 Å². The molecule has 1 heterocycles. The van der Waals surface area contributed by atoms with Gasteiger partial charge in [0.15, 0.2) is 0 Å². The predicted octanol–water partition coefficient (Wildman–Crippen LogP) is 2.82. The fourth-order valence-electron chi connectivity index (χ4n) is 2.53. The van der Waals surface area contributed by atoms with Gasteiger partial charge in [0.1, 0.15) is 11.8 Å². The number of aromatic nitrogens is 3. The van der Waals surface area contributed by atoms with Crippen LogP contribution in [0.2, 0.25) is 0 Å². The van der Waals surface area contributed by atoms with Crippen LogP contribution in [0.3, 0.4) is 0 Å². The third-order valence-electron chi connectivity index (χ3n) is 4.15. The van der Waals surface area contributed by atoms with Gasteiger partial charge in [-0.3, -0.25) is 4.79 Å². The smallest absolute Gasteiger partial charge is 0.365 e. The number of methoxy groups -OCH3 is 1. The number of anilines is 1. The molecule has 0 saturated heterocycles. The lowest BCUT2D eigenvalue weighted by Crippen LogP contribution is -2.34. The molecule has 0 bridgehead atoms. The van der Waals surface area contributed by atoms with Gasteiger partial charge in [0.05, 0.1) is 19.0 Å². The average molecular weight is 364 g/mol. The zero-order valence-corrected chi connectivity index (χ0v) is 15.3. The molecule has 1 atom stereocenters. The van der Waals surface area contributed by atoms with Crippen molar-refractivity contribution in [2.24, 2.45) is 0 Å². The van der Waals surface area contributed by atoms with Crippen molar-refractivity contribution in [2.75, 3.05) is 12.4 Å². The minimum absolute atomic E-state index is 0.343. The normalized spacial score (nSPS) is 11.7. The highest BCUT2D eigenvalue weighted by Crippen LogP contribution is 2.20. The summed E-state index contributed by atoms with van der Waals surface area (Å²) in [6, 6.07) is 13.8. The summed E-state index contributed by atoms with van der Waals surface area (Å²) in [6.07, 6.45) is 1.46. The molecule has 0 saturated carbocycles. The lowest BCUT2D eigenvalue weighted by atomic mass is 10.1. The molecule has 138 valence electrons. The molecule has 0 aliphatic heterocycles. The van der Waals surface area contributed by atoms with Crippen LogP contribution in [-0.2, 0) is 4.79 Å². The second-order valence-corrected chi connectivity index (χ2v) is 6.13. The van der Waals surface area contributed by atoms with Gasteiger partial charge in [-0.1, -0.05) is 29.8 Å². The Balaban J connectivity index is 1.81. The van der Waals surface area contributed by atoms with Crippen molar-refractivity contribution in [1.82, 2.24) is 14.8 Å². The van der Waals surface area contributed by atoms with Crippen LogP contribution in [-0.4, -0.2) is 27.8 Å². The van der Waals surface area contributed by atoms with E-state index in [2.05, 4.69) is 15.4 Å². The van der Waals surface area contributed by atoms with Gasteiger partial charge in [-0.15, -0.1) is 0 Å². The molecule has 2 aromatic carbocycles. The average Bonchev–Trinajstić information content (AvgIpc) is 2.69. The molecular formula is C20H20N4O3. The summed E-state index contributed by atoms with van der Waals surface area (Å²) in [7, 11) is 1.57. The Morgan fingerprint density at radius 1 is 1.19 bits per heavy atom. The molecule has 0 unspecified atom stereocenters. The topological polar surface area (TPSA) is 86.1 Å². The Morgan fingerprint density at radius 3 is 2.59 bits per heavy atom. The molecule has 3 aromatic rings. The monoisotopic (exact) mass is 364 g/mol. The second kappa shape index (κ2) is 7.82. The molecule has 1 aromatic heterocycles. The number of amides is 1. The number of benzene rings is 2. The first kappa shape index (κ1) is 18.3. The highest BCUT2D eigenvalue weighted by Gasteiger charge is 2.18. The SMILES string of the molecule is COc1cccc(-c2cnn([C@@H](C)C(=O)Nc3ccc(C)cc3)c(=O)n2)c1. The molecule has 1 amide bonds. The molecule has 3 rings (SSSR count). The van der Waals surface area contributed by atoms with Crippen molar-refractivity contribution >= 4 is 11.6 Å². The number of aryl methyl sites for hydroxylation is 1. The van der Waals surface area contributed by atoms with E-state index in [0.717, 1.165) is 10.2 Å². The van der Waals surface area contributed by atoms with E-state index in [4.69, 9.17) is 4.74 Å². The summed E-state index contributed by atoms with van der Waals surface area (Å²) in [6.45, 7) is 3.57. The van der Waals surface area contributed by atoms with E-state index < -0.39 is 11.7 Å². The van der Waals surface area contributed by atoms with E-state index in [1.165, 1.54) is 6.20 Å². The van der Waals surface area contributed by atoms with E-state index in [1.54, 1.807) is 44.4 Å². The van der Waals surface area contributed by atoms with Gasteiger partial charge < -0.3 is 10.1 Å². The number of ether oxygens (including phenoxy) is 1. The van der Waals surface area contributed by atoms with E-state index in [9.17, 15) is 9.59 Å². The quantitative estimate of drug-likeness (QED) is 0.752. The Labute approximate surface area is 156 Å². The number of hydrogen-bond donors (Lipinski definition) is 1. The first-order valence-corrected chi connectivity index (χ1v) is 8.46. The number of rotatable bonds is 5. The Hall–Kier alpha value is -3.48. The van der Waals surface area contributed by atoms with Gasteiger partial charge >= 0.3 is 5.69 Å². The lowest BCUT2D eigenvalue weighted by Gasteiger charge is -2.14. The molecule has 7 heteroatoms. The van der Waals surface area contributed by atoms with Crippen LogP contribution >= 0.6 is 0 Å². The van der Waals surface area contributed by atoms with Crippen molar-refractivity contribution in [3.05, 3.63) is 70.8 Å². The molecule has 0 radical (unpaired) electrons.